The van der Waals surface area contributed by atoms with Gasteiger partial charge in [-0.25, -0.2) is 8.42 Å². The molecule has 3 heterocycles. The Morgan fingerprint density at radius 2 is 1.84 bits per heavy atom. The van der Waals surface area contributed by atoms with E-state index in [2.05, 4.69) is 4.98 Å². The van der Waals surface area contributed by atoms with Gasteiger partial charge in [-0.15, -0.1) is 0 Å². The van der Waals surface area contributed by atoms with Crippen LogP contribution in [0.5, 0.6) is 5.75 Å². The van der Waals surface area contributed by atoms with Crippen LogP contribution in [0.2, 0.25) is 0 Å². The molecule has 1 saturated heterocycles. The molecule has 8 nitrogen and oxygen atoms in total. The zero-order valence-electron chi connectivity index (χ0n) is 21.3. The summed E-state index contributed by atoms with van der Waals surface area (Å²) in [4.78, 5) is 19.3. The van der Waals surface area contributed by atoms with Gasteiger partial charge in [0.1, 0.15) is 18.0 Å². The van der Waals surface area contributed by atoms with Crippen molar-refractivity contribution in [3.05, 3.63) is 94.3 Å². The van der Waals surface area contributed by atoms with Crippen LogP contribution in [0.25, 0.3) is 0 Å². The Kier molecular flexibility index (Phi) is 7.02. The van der Waals surface area contributed by atoms with Crippen molar-refractivity contribution in [1.29, 1.82) is 0 Å². The van der Waals surface area contributed by atoms with Gasteiger partial charge in [-0.3, -0.25) is 9.78 Å². The molecule has 1 fully saturated rings. The number of rotatable bonds is 7. The number of amides is 1. The van der Waals surface area contributed by atoms with Crippen molar-refractivity contribution in [3.63, 3.8) is 0 Å². The van der Waals surface area contributed by atoms with Crippen LogP contribution in [0.1, 0.15) is 38.3 Å². The molecule has 0 spiro atoms. The summed E-state index contributed by atoms with van der Waals surface area (Å²) in [7, 11) is -1.93. The summed E-state index contributed by atoms with van der Waals surface area (Å²) < 4.78 is 39.6. The van der Waals surface area contributed by atoms with E-state index in [1.165, 1.54) is 4.31 Å². The molecule has 37 heavy (non-hydrogen) atoms. The summed E-state index contributed by atoms with van der Waals surface area (Å²) in [5.74, 6) is 0.371. The second-order valence-corrected chi connectivity index (χ2v) is 11.7. The van der Waals surface area contributed by atoms with Crippen LogP contribution in [0.4, 0.5) is 0 Å². The fourth-order valence-corrected chi connectivity index (χ4v) is 6.38. The molecule has 0 radical (unpaired) electrons. The molecule has 2 aliphatic heterocycles. The van der Waals surface area contributed by atoms with Crippen LogP contribution < -0.4 is 4.74 Å². The maximum Gasteiger partial charge on any atom is 0.254 e. The maximum absolute atomic E-state index is 13.2. The highest BCUT2D eigenvalue weighted by Crippen LogP contribution is 2.27. The van der Waals surface area contributed by atoms with Gasteiger partial charge in [0.25, 0.3) is 5.91 Å². The largest absolute Gasteiger partial charge is 0.486 e. The SMILES string of the molecule is CO[C@@H]1CN(C(=O)c2cc(C)ccc2C)C[C@H]1Oc1cccc(CS(=O)(=O)N2Cc3cccnc3C2)c1. The van der Waals surface area contributed by atoms with Crippen LogP contribution in [-0.4, -0.2) is 60.9 Å². The molecule has 3 aromatic rings. The third-order valence-corrected chi connectivity index (χ3v) is 8.76. The van der Waals surface area contributed by atoms with E-state index >= 15 is 0 Å². The standard InChI is InChI=1S/C28H31N3O5S/c1-19-9-10-20(2)24(12-19)28(32)30-16-26(35-3)27(17-30)36-23-8-4-6-21(13-23)18-37(33,34)31-14-22-7-5-11-29-25(22)15-31/h4-13,26-27H,14-18H2,1-3H3/t26-,27-/m1/s1. The number of fused-ring (bicyclic) bond motifs is 1. The zero-order valence-corrected chi connectivity index (χ0v) is 22.1. The molecule has 1 amide bonds. The predicted octanol–water partition coefficient (Wildman–Crippen LogP) is 3.46. The van der Waals surface area contributed by atoms with E-state index < -0.39 is 10.0 Å². The second-order valence-electron chi connectivity index (χ2n) is 9.74. The normalized spacial score (nSPS) is 19.7. The fourth-order valence-electron chi connectivity index (χ4n) is 4.94. The lowest BCUT2D eigenvalue weighted by Crippen LogP contribution is -2.32. The first-order chi connectivity index (χ1) is 17.7. The lowest BCUT2D eigenvalue weighted by Gasteiger charge is -2.20. The van der Waals surface area contributed by atoms with Crippen LogP contribution in [0.3, 0.4) is 0 Å². The second kappa shape index (κ2) is 10.2. The zero-order chi connectivity index (χ0) is 26.2. The van der Waals surface area contributed by atoms with Crippen LogP contribution in [0, 0.1) is 13.8 Å². The average Bonchev–Trinajstić information content (AvgIpc) is 3.50. The predicted molar refractivity (Wildman–Crippen MR) is 140 cm³/mol. The number of likely N-dealkylation sites (tertiary alicyclic amines) is 1. The number of nitrogens with zero attached hydrogens (tertiary/aromatic N) is 3. The molecule has 2 aromatic carbocycles. The third-order valence-electron chi connectivity index (χ3n) is 7.01. The molecule has 0 aliphatic carbocycles. The van der Waals surface area contributed by atoms with Gasteiger partial charge in [-0.1, -0.05) is 35.9 Å². The van der Waals surface area contributed by atoms with Crippen molar-refractivity contribution >= 4 is 15.9 Å². The Bertz CT molecular complexity index is 1400. The first-order valence-electron chi connectivity index (χ1n) is 12.3. The molecule has 2 atom stereocenters. The lowest BCUT2D eigenvalue weighted by molar-refractivity contribution is 0.0339. The molecule has 0 bridgehead atoms. The molecule has 0 unspecified atom stereocenters. The van der Waals surface area contributed by atoms with E-state index in [4.69, 9.17) is 9.47 Å². The Balaban J connectivity index is 1.27. The number of benzene rings is 2. The maximum atomic E-state index is 13.2. The minimum Gasteiger partial charge on any atom is -0.486 e. The number of hydrogen-bond donors (Lipinski definition) is 0. The summed E-state index contributed by atoms with van der Waals surface area (Å²) in [6.07, 6.45) is 1.02. The molecule has 0 saturated carbocycles. The molecule has 194 valence electrons. The van der Waals surface area contributed by atoms with Crippen molar-refractivity contribution in [2.45, 2.75) is 44.9 Å². The minimum atomic E-state index is -3.54. The molecule has 9 heteroatoms. The summed E-state index contributed by atoms with van der Waals surface area (Å²) >= 11 is 0. The number of methoxy groups -OCH3 is 1. The summed E-state index contributed by atoms with van der Waals surface area (Å²) in [6.45, 7) is 5.33. The Morgan fingerprint density at radius 3 is 2.62 bits per heavy atom. The van der Waals surface area contributed by atoms with Crippen LogP contribution in [-0.2, 0) is 33.6 Å². The van der Waals surface area contributed by atoms with E-state index in [1.54, 1.807) is 42.5 Å². The topological polar surface area (TPSA) is 89.0 Å². The minimum absolute atomic E-state index is 0.0460. The van der Waals surface area contributed by atoms with Crippen molar-refractivity contribution in [2.75, 3.05) is 20.2 Å². The fraction of sp³-hybridized carbons (Fsp3) is 0.357. The van der Waals surface area contributed by atoms with E-state index in [1.807, 2.05) is 44.2 Å². The number of hydrogen-bond acceptors (Lipinski definition) is 6. The summed E-state index contributed by atoms with van der Waals surface area (Å²) in [5.41, 5.74) is 5.02. The van der Waals surface area contributed by atoms with Gasteiger partial charge in [0.2, 0.25) is 10.0 Å². The van der Waals surface area contributed by atoms with Gasteiger partial charge in [-0.05, 0) is 54.8 Å². The first kappa shape index (κ1) is 25.4. The Hall–Kier alpha value is -3.27. The Labute approximate surface area is 217 Å². The van der Waals surface area contributed by atoms with Crippen LogP contribution in [0.15, 0.2) is 60.8 Å². The van der Waals surface area contributed by atoms with Gasteiger partial charge in [0.05, 0.1) is 31.1 Å². The van der Waals surface area contributed by atoms with E-state index in [0.717, 1.165) is 22.4 Å². The van der Waals surface area contributed by atoms with Gasteiger partial charge in [0.15, 0.2) is 0 Å². The average molecular weight is 522 g/mol. The van der Waals surface area contributed by atoms with Gasteiger partial charge in [-0.2, -0.15) is 4.31 Å². The third kappa shape index (κ3) is 5.39. The van der Waals surface area contributed by atoms with E-state index in [9.17, 15) is 13.2 Å². The quantitative estimate of drug-likeness (QED) is 0.473. The highest BCUT2D eigenvalue weighted by molar-refractivity contribution is 7.88. The van der Waals surface area contributed by atoms with Crippen molar-refractivity contribution in [2.24, 2.45) is 0 Å². The molecule has 0 N–H and O–H groups in total. The first-order valence-corrected chi connectivity index (χ1v) is 13.9. The number of pyridine rings is 1. The van der Waals surface area contributed by atoms with Crippen LogP contribution >= 0.6 is 0 Å². The highest BCUT2D eigenvalue weighted by atomic mass is 32.2. The molecule has 1 aromatic heterocycles. The van der Waals surface area contributed by atoms with E-state index in [0.29, 0.717) is 36.5 Å². The highest BCUT2D eigenvalue weighted by Gasteiger charge is 2.38. The molecule has 2 aliphatic rings. The van der Waals surface area contributed by atoms with Gasteiger partial charge in [0, 0.05) is 25.4 Å². The number of aryl methyl sites for hydroxylation is 2. The number of aromatic nitrogens is 1. The van der Waals surface area contributed by atoms with Gasteiger partial charge >= 0.3 is 0 Å². The number of carbonyl (C=O) groups is 1. The summed E-state index contributed by atoms with van der Waals surface area (Å²) in [5, 5.41) is 0. The van der Waals surface area contributed by atoms with Gasteiger partial charge < -0.3 is 14.4 Å². The van der Waals surface area contributed by atoms with Crippen molar-refractivity contribution in [3.8, 4) is 5.75 Å². The molecular weight excluding hydrogens is 490 g/mol. The molecular formula is C28H31N3O5S. The number of sulfonamides is 1. The van der Waals surface area contributed by atoms with Crippen molar-refractivity contribution in [1.82, 2.24) is 14.2 Å². The molecule has 5 rings (SSSR count). The van der Waals surface area contributed by atoms with Crippen molar-refractivity contribution < 1.29 is 22.7 Å². The number of carbonyl (C=O) groups excluding carboxylic acids is 1. The monoisotopic (exact) mass is 521 g/mol. The van der Waals surface area contributed by atoms with E-state index in [-0.39, 0.29) is 30.4 Å². The summed E-state index contributed by atoms with van der Waals surface area (Å²) in [6, 6.07) is 16.7. The lowest BCUT2D eigenvalue weighted by atomic mass is 10.0. The number of ether oxygens (including phenoxy) is 2. The Morgan fingerprint density at radius 1 is 1.03 bits per heavy atom. The smallest absolute Gasteiger partial charge is 0.254 e.